The van der Waals surface area contributed by atoms with Crippen LogP contribution in [0.2, 0.25) is 0 Å². The fourth-order valence-electron chi connectivity index (χ4n) is 2.17. The van der Waals surface area contributed by atoms with Crippen molar-refractivity contribution in [2.45, 2.75) is 39.7 Å². The van der Waals surface area contributed by atoms with E-state index in [0.717, 1.165) is 0 Å². The third-order valence-corrected chi connectivity index (χ3v) is 2.81. The fraction of sp³-hybridized carbons (Fsp3) is 0.667. The number of rotatable bonds is 4. The predicted octanol–water partition coefficient (Wildman–Crippen LogP) is 1.66. The third kappa shape index (κ3) is 2.84. The van der Waals surface area contributed by atoms with Gasteiger partial charge in [0.05, 0.1) is 0 Å². The van der Waals surface area contributed by atoms with E-state index in [1.54, 1.807) is 6.92 Å². The maximum absolute atomic E-state index is 11.7. The Kier molecular flexibility index (Phi) is 4.10. The van der Waals surface area contributed by atoms with Gasteiger partial charge in [0.25, 0.3) is 0 Å². The summed E-state index contributed by atoms with van der Waals surface area (Å²) in [6, 6.07) is -0.664. The van der Waals surface area contributed by atoms with Crippen molar-refractivity contribution >= 4 is 11.9 Å². The van der Waals surface area contributed by atoms with Gasteiger partial charge in [0.2, 0.25) is 5.91 Å². The summed E-state index contributed by atoms with van der Waals surface area (Å²) < 4.78 is 0. The van der Waals surface area contributed by atoms with E-state index in [9.17, 15) is 9.59 Å². The molecule has 4 nitrogen and oxygen atoms in total. The number of allylic oxidation sites excluding steroid dienone is 1. The second kappa shape index (κ2) is 5.14. The topological polar surface area (TPSA) is 57.6 Å². The van der Waals surface area contributed by atoms with E-state index >= 15 is 0 Å². The summed E-state index contributed by atoms with van der Waals surface area (Å²) in [6.07, 6.45) is 2.95. The Hall–Kier alpha value is -1.32. The van der Waals surface area contributed by atoms with Crippen molar-refractivity contribution < 1.29 is 14.7 Å². The van der Waals surface area contributed by atoms with Crippen molar-refractivity contribution in [3.8, 4) is 0 Å². The average molecular weight is 225 g/mol. The molecule has 90 valence electrons. The molecule has 4 heteroatoms. The molecule has 0 radical (unpaired) electrons. The Labute approximate surface area is 95.9 Å². The molecule has 2 unspecified atom stereocenters. The molecule has 16 heavy (non-hydrogen) atoms. The SMILES string of the molecule is CCC(C(=O)O)N1CC(C=C(C)C)CC1=O. The van der Waals surface area contributed by atoms with Gasteiger partial charge >= 0.3 is 5.97 Å². The quantitative estimate of drug-likeness (QED) is 0.740. The molecular weight excluding hydrogens is 206 g/mol. The molecule has 1 heterocycles. The zero-order chi connectivity index (χ0) is 12.3. The first kappa shape index (κ1) is 12.7. The van der Waals surface area contributed by atoms with Gasteiger partial charge in [-0.05, 0) is 20.3 Å². The summed E-state index contributed by atoms with van der Waals surface area (Å²) in [4.78, 5) is 24.2. The van der Waals surface area contributed by atoms with Gasteiger partial charge in [-0.15, -0.1) is 0 Å². The van der Waals surface area contributed by atoms with Crippen molar-refractivity contribution in [3.05, 3.63) is 11.6 Å². The smallest absolute Gasteiger partial charge is 0.326 e. The molecule has 0 aromatic heterocycles. The van der Waals surface area contributed by atoms with Gasteiger partial charge in [-0.2, -0.15) is 0 Å². The molecule has 0 aromatic carbocycles. The first-order chi connectivity index (χ1) is 7.45. The maximum atomic E-state index is 11.7. The molecule has 0 saturated carbocycles. The second-order valence-corrected chi connectivity index (χ2v) is 4.52. The summed E-state index contributed by atoms with van der Waals surface area (Å²) in [6.45, 7) is 6.30. The molecule has 1 N–H and O–H groups in total. The van der Waals surface area contributed by atoms with Gasteiger partial charge in [0.1, 0.15) is 6.04 Å². The first-order valence-electron chi connectivity index (χ1n) is 5.63. The Morgan fingerprint density at radius 3 is 2.69 bits per heavy atom. The van der Waals surface area contributed by atoms with Gasteiger partial charge in [0, 0.05) is 18.9 Å². The van der Waals surface area contributed by atoms with E-state index < -0.39 is 12.0 Å². The Morgan fingerprint density at radius 1 is 1.62 bits per heavy atom. The van der Waals surface area contributed by atoms with Crippen LogP contribution in [-0.2, 0) is 9.59 Å². The zero-order valence-electron chi connectivity index (χ0n) is 10.1. The Bertz CT molecular complexity index is 318. The van der Waals surface area contributed by atoms with Crippen LogP contribution in [0.5, 0.6) is 0 Å². The zero-order valence-corrected chi connectivity index (χ0v) is 10.1. The molecule has 0 aromatic rings. The van der Waals surface area contributed by atoms with E-state index in [1.807, 2.05) is 19.9 Å². The van der Waals surface area contributed by atoms with Crippen LogP contribution in [0.4, 0.5) is 0 Å². The van der Waals surface area contributed by atoms with Gasteiger partial charge in [-0.1, -0.05) is 18.6 Å². The lowest BCUT2D eigenvalue weighted by Gasteiger charge is -2.23. The van der Waals surface area contributed by atoms with Crippen molar-refractivity contribution in [1.82, 2.24) is 4.90 Å². The third-order valence-electron chi connectivity index (χ3n) is 2.81. The molecule has 0 spiro atoms. The van der Waals surface area contributed by atoms with Crippen LogP contribution in [-0.4, -0.2) is 34.5 Å². The number of carbonyl (C=O) groups excluding carboxylic acids is 1. The van der Waals surface area contributed by atoms with Crippen LogP contribution in [0, 0.1) is 5.92 Å². The highest BCUT2D eigenvalue weighted by Crippen LogP contribution is 2.23. The number of likely N-dealkylation sites (tertiary alicyclic amines) is 1. The molecule has 0 bridgehead atoms. The number of amides is 1. The molecular formula is C12H19NO3. The van der Waals surface area contributed by atoms with E-state index in [-0.39, 0.29) is 11.8 Å². The van der Waals surface area contributed by atoms with Crippen molar-refractivity contribution in [2.75, 3.05) is 6.54 Å². The van der Waals surface area contributed by atoms with Crippen LogP contribution < -0.4 is 0 Å². The molecule has 0 aliphatic carbocycles. The Morgan fingerprint density at radius 2 is 2.25 bits per heavy atom. The number of hydrogen-bond donors (Lipinski definition) is 1. The summed E-state index contributed by atoms with van der Waals surface area (Å²) >= 11 is 0. The van der Waals surface area contributed by atoms with Crippen LogP contribution in [0.25, 0.3) is 0 Å². The van der Waals surface area contributed by atoms with Crippen molar-refractivity contribution in [3.63, 3.8) is 0 Å². The minimum absolute atomic E-state index is 0.0447. The molecule has 1 rings (SSSR count). The number of carboxylic acid groups (broad SMARTS) is 1. The van der Waals surface area contributed by atoms with Crippen LogP contribution in [0.3, 0.4) is 0 Å². The molecule has 1 aliphatic heterocycles. The summed E-state index contributed by atoms with van der Waals surface area (Å²) in [5.74, 6) is -0.781. The van der Waals surface area contributed by atoms with Gasteiger partial charge in [-0.25, -0.2) is 4.79 Å². The largest absolute Gasteiger partial charge is 0.480 e. The lowest BCUT2D eigenvalue weighted by Crippen LogP contribution is -2.41. The second-order valence-electron chi connectivity index (χ2n) is 4.52. The number of aliphatic carboxylic acids is 1. The standard InChI is InChI=1S/C12H19NO3/c1-4-10(12(15)16)13-7-9(5-8(2)3)6-11(13)14/h5,9-10H,4,6-7H2,1-3H3,(H,15,16). The minimum Gasteiger partial charge on any atom is -0.480 e. The van der Waals surface area contributed by atoms with E-state index in [0.29, 0.717) is 19.4 Å². The fourth-order valence-corrected chi connectivity index (χ4v) is 2.17. The number of carbonyl (C=O) groups is 2. The van der Waals surface area contributed by atoms with Crippen molar-refractivity contribution in [2.24, 2.45) is 5.92 Å². The van der Waals surface area contributed by atoms with Crippen LogP contribution >= 0.6 is 0 Å². The van der Waals surface area contributed by atoms with Crippen LogP contribution in [0.1, 0.15) is 33.6 Å². The average Bonchev–Trinajstić information content (AvgIpc) is 2.46. The molecule has 2 atom stereocenters. The lowest BCUT2D eigenvalue weighted by molar-refractivity contribution is -0.148. The van der Waals surface area contributed by atoms with Gasteiger partial charge in [-0.3, -0.25) is 4.79 Å². The first-order valence-corrected chi connectivity index (χ1v) is 5.63. The monoisotopic (exact) mass is 225 g/mol. The van der Waals surface area contributed by atoms with E-state index in [4.69, 9.17) is 5.11 Å². The van der Waals surface area contributed by atoms with Gasteiger partial charge < -0.3 is 10.0 Å². The minimum atomic E-state index is -0.909. The lowest BCUT2D eigenvalue weighted by atomic mass is 10.1. The van der Waals surface area contributed by atoms with Gasteiger partial charge in [0.15, 0.2) is 0 Å². The number of hydrogen-bond acceptors (Lipinski definition) is 2. The summed E-state index contributed by atoms with van der Waals surface area (Å²) in [5, 5.41) is 9.01. The molecule has 1 fully saturated rings. The molecule has 1 saturated heterocycles. The predicted molar refractivity (Wildman–Crippen MR) is 61.0 cm³/mol. The Balaban J connectivity index is 2.74. The van der Waals surface area contributed by atoms with Crippen LogP contribution in [0.15, 0.2) is 11.6 Å². The highest BCUT2D eigenvalue weighted by molar-refractivity contribution is 5.85. The number of nitrogens with zero attached hydrogens (tertiary/aromatic N) is 1. The maximum Gasteiger partial charge on any atom is 0.326 e. The summed E-state index contributed by atoms with van der Waals surface area (Å²) in [5.41, 5.74) is 1.17. The highest BCUT2D eigenvalue weighted by Gasteiger charge is 2.35. The number of carboxylic acids is 1. The molecule has 1 amide bonds. The molecule has 1 aliphatic rings. The van der Waals surface area contributed by atoms with E-state index in [1.165, 1.54) is 10.5 Å². The highest BCUT2D eigenvalue weighted by atomic mass is 16.4. The van der Waals surface area contributed by atoms with Crippen molar-refractivity contribution in [1.29, 1.82) is 0 Å². The normalized spacial score (nSPS) is 22.1. The summed E-state index contributed by atoms with van der Waals surface area (Å²) in [7, 11) is 0. The van der Waals surface area contributed by atoms with E-state index in [2.05, 4.69) is 0 Å².